The number of ether oxygens (including phenoxy) is 1. The molecule has 0 amide bonds. The van der Waals surface area contributed by atoms with Crippen LogP contribution in [0.4, 0.5) is 5.69 Å². The van der Waals surface area contributed by atoms with E-state index in [-0.39, 0.29) is 5.56 Å². The van der Waals surface area contributed by atoms with Crippen LogP contribution in [0.15, 0.2) is 46.5 Å². The highest BCUT2D eigenvalue weighted by atomic mass is 32.2. The summed E-state index contributed by atoms with van der Waals surface area (Å²) in [4.78, 5) is 25.8. The van der Waals surface area contributed by atoms with Gasteiger partial charge in [0, 0.05) is 4.90 Å². The molecule has 108 valence electrons. The van der Waals surface area contributed by atoms with Crippen LogP contribution in [0.1, 0.15) is 10.4 Å². The average Bonchev–Trinajstić information content (AvgIpc) is 2.47. The van der Waals surface area contributed by atoms with Gasteiger partial charge in [-0.1, -0.05) is 17.8 Å². The second kappa shape index (κ2) is 6.23. The van der Waals surface area contributed by atoms with Crippen LogP contribution in [-0.4, -0.2) is 28.1 Å². The summed E-state index contributed by atoms with van der Waals surface area (Å²) in [6.07, 6.45) is 0.950. The fourth-order valence-corrected chi connectivity index (χ4v) is 2.43. The van der Waals surface area contributed by atoms with E-state index in [4.69, 9.17) is 9.84 Å². The Balaban J connectivity index is 2.34. The lowest BCUT2D eigenvalue weighted by Gasteiger charge is -2.05. The summed E-state index contributed by atoms with van der Waals surface area (Å²) in [7, 11) is 1.54. The third-order valence-electron chi connectivity index (χ3n) is 2.55. The van der Waals surface area contributed by atoms with E-state index < -0.39 is 16.6 Å². The molecule has 1 heterocycles. The van der Waals surface area contributed by atoms with Gasteiger partial charge in [0.15, 0.2) is 0 Å². The molecule has 0 atom stereocenters. The summed E-state index contributed by atoms with van der Waals surface area (Å²) in [5, 5.41) is 20.1. The summed E-state index contributed by atoms with van der Waals surface area (Å²) >= 11 is 1.19. The number of nitrogens with zero attached hydrogens (tertiary/aromatic N) is 2. The van der Waals surface area contributed by atoms with E-state index in [1.807, 2.05) is 0 Å². The van der Waals surface area contributed by atoms with Crippen LogP contribution in [0.25, 0.3) is 0 Å². The minimum absolute atomic E-state index is 0.353. The Hall–Kier alpha value is -2.61. The summed E-state index contributed by atoms with van der Waals surface area (Å²) in [5.41, 5.74) is -0.919. The van der Waals surface area contributed by atoms with Crippen LogP contribution in [0.3, 0.4) is 0 Å². The van der Waals surface area contributed by atoms with Crippen molar-refractivity contribution in [1.29, 1.82) is 0 Å². The number of methoxy groups -OCH3 is 1. The van der Waals surface area contributed by atoms with Gasteiger partial charge in [-0.25, -0.2) is 9.78 Å². The molecule has 0 saturated heterocycles. The van der Waals surface area contributed by atoms with Crippen molar-refractivity contribution in [2.75, 3.05) is 7.11 Å². The third kappa shape index (κ3) is 3.48. The number of carbonyl (C=O) groups is 1. The fraction of sp³-hybridized carbons (Fsp3) is 0.0769. The smallest absolute Gasteiger partial charge is 0.342 e. The molecule has 0 aliphatic rings. The summed E-state index contributed by atoms with van der Waals surface area (Å²) in [6.45, 7) is 0. The Labute approximate surface area is 123 Å². The maximum atomic E-state index is 11.1. The van der Waals surface area contributed by atoms with E-state index in [0.717, 1.165) is 11.1 Å². The van der Waals surface area contributed by atoms with Crippen molar-refractivity contribution in [3.05, 3.63) is 52.2 Å². The lowest BCUT2D eigenvalue weighted by molar-refractivity contribution is -0.385. The molecule has 0 unspecified atom stereocenters. The van der Waals surface area contributed by atoms with E-state index in [2.05, 4.69) is 4.98 Å². The standard InChI is InChI=1S/C13H10N2O5S/c1-20-8-3-2-4-9(5-8)21-12-6-10(13(16)17)11(7-14-12)15(18)19/h2-7H,1H3,(H,16,17). The minimum Gasteiger partial charge on any atom is -0.497 e. The first-order valence-electron chi connectivity index (χ1n) is 5.71. The number of carboxylic acids is 1. The molecule has 1 aromatic carbocycles. The van der Waals surface area contributed by atoms with Gasteiger partial charge in [-0.15, -0.1) is 0 Å². The Morgan fingerprint density at radius 3 is 2.81 bits per heavy atom. The minimum atomic E-state index is -1.36. The largest absolute Gasteiger partial charge is 0.497 e. The Morgan fingerprint density at radius 1 is 1.43 bits per heavy atom. The SMILES string of the molecule is COc1cccc(Sc2cc(C(=O)O)c([N+](=O)[O-])cn2)c1. The van der Waals surface area contributed by atoms with Crippen LogP contribution in [0.2, 0.25) is 0 Å². The number of pyridine rings is 1. The number of benzene rings is 1. The molecule has 2 rings (SSSR count). The van der Waals surface area contributed by atoms with Crippen LogP contribution in [0.5, 0.6) is 5.75 Å². The monoisotopic (exact) mass is 306 g/mol. The molecule has 7 nitrogen and oxygen atoms in total. The molecule has 0 fully saturated rings. The summed E-state index contributed by atoms with van der Waals surface area (Å²) in [6, 6.07) is 8.30. The molecule has 1 aromatic heterocycles. The van der Waals surface area contributed by atoms with Gasteiger partial charge < -0.3 is 9.84 Å². The van der Waals surface area contributed by atoms with Crippen LogP contribution >= 0.6 is 11.8 Å². The lowest BCUT2D eigenvalue weighted by Crippen LogP contribution is -2.03. The Kier molecular flexibility index (Phi) is 4.39. The van der Waals surface area contributed by atoms with Gasteiger partial charge in [0.1, 0.15) is 22.5 Å². The third-order valence-corrected chi connectivity index (χ3v) is 3.47. The topological polar surface area (TPSA) is 103 Å². The molecular formula is C13H10N2O5S. The molecule has 21 heavy (non-hydrogen) atoms. The van der Waals surface area contributed by atoms with Gasteiger partial charge in [0.2, 0.25) is 0 Å². The highest BCUT2D eigenvalue weighted by molar-refractivity contribution is 7.99. The first kappa shape index (κ1) is 14.8. The number of rotatable bonds is 5. The molecule has 1 N–H and O–H groups in total. The maximum absolute atomic E-state index is 11.1. The van der Waals surface area contributed by atoms with Gasteiger partial charge in [0.05, 0.1) is 12.0 Å². The first-order chi connectivity index (χ1) is 10.0. The second-order valence-electron chi connectivity index (χ2n) is 3.88. The molecule has 0 aliphatic heterocycles. The fourth-order valence-electron chi connectivity index (χ4n) is 1.59. The predicted octanol–water partition coefficient (Wildman–Crippen LogP) is 2.85. The van der Waals surface area contributed by atoms with Crippen molar-refractivity contribution in [2.24, 2.45) is 0 Å². The summed E-state index contributed by atoms with van der Waals surface area (Å²) < 4.78 is 5.09. The van der Waals surface area contributed by atoms with Crippen molar-refractivity contribution >= 4 is 23.4 Å². The first-order valence-corrected chi connectivity index (χ1v) is 6.52. The van der Waals surface area contributed by atoms with Crippen LogP contribution in [-0.2, 0) is 0 Å². The van der Waals surface area contributed by atoms with E-state index in [9.17, 15) is 14.9 Å². The van der Waals surface area contributed by atoms with E-state index in [0.29, 0.717) is 10.8 Å². The number of carboxylic acid groups (broad SMARTS) is 1. The van der Waals surface area contributed by atoms with E-state index >= 15 is 0 Å². The predicted molar refractivity (Wildman–Crippen MR) is 75.0 cm³/mol. The molecule has 0 aliphatic carbocycles. The molecular weight excluding hydrogens is 296 g/mol. The molecule has 0 bridgehead atoms. The van der Waals surface area contributed by atoms with Gasteiger partial charge in [0.25, 0.3) is 0 Å². The zero-order valence-corrected chi connectivity index (χ0v) is 11.7. The number of hydrogen-bond acceptors (Lipinski definition) is 6. The van der Waals surface area contributed by atoms with Crippen molar-refractivity contribution in [1.82, 2.24) is 4.98 Å². The molecule has 8 heteroatoms. The quantitative estimate of drug-likeness (QED) is 0.669. The average molecular weight is 306 g/mol. The highest BCUT2D eigenvalue weighted by Gasteiger charge is 2.21. The van der Waals surface area contributed by atoms with E-state index in [1.165, 1.54) is 24.9 Å². The normalized spacial score (nSPS) is 10.1. The van der Waals surface area contributed by atoms with Gasteiger partial charge in [-0.3, -0.25) is 10.1 Å². The van der Waals surface area contributed by atoms with Crippen molar-refractivity contribution < 1.29 is 19.6 Å². The van der Waals surface area contributed by atoms with Crippen molar-refractivity contribution in [3.8, 4) is 5.75 Å². The second-order valence-corrected chi connectivity index (χ2v) is 4.98. The zero-order chi connectivity index (χ0) is 15.4. The Bertz CT molecular complexity index is 705. The number of nitro groups is 1. The van der Waals surface area contributed by atoms with Gasteiger partial charge in [-0.05, 0) is 24.3 Å². The lowest BCUT2D eigenvalue weighted by atomic mass is 10.2. The van der Waals surface area contributed by atoms with Gasteiger partial charge in [-0.2, -0.15) is 0 Å². The number of aromatic carboxylic acids is 1. The van der Waals surface area contributed by atoms with Crippen molar-refractivity contribution in [3.63, 3.8) is 0 Å². The van der Waals surface area contributed by atoms with Gasteiger partial charge >= 0.3 is 11.7 Å². The molecule has 0 saturated carbocycles. The van der Waals surface area contributed by atoms with Crippen LogP contribution in [0, 0.1) is 10.1 Å². The van der Waals surface area contributed by atoms with Crippen molar-refractivity contribution in [2.45, 2.75) is 9.92 Å². The molecule has 0 spiro atoms. The Morgan fingerprint density at radius 2 is 2.19 bits per heavy atom. The number of hydrogen-bond donors (Lipinski definition) is 1. The molecule has 0 radical (unpaired) electrons. The van der Waals surface area contributed by atoms with E-state index in [1.54, 1.807) is 24.3 Å². The maximum Gasteiger partial charge on any atom is 0.342 e. The van der Waals surface area contributed by atoms with Crippen LogP contribution < -0.4 is 4.74 Å². The summed E-state index contributed by atoms with van der Waals surface area (Å²) in [5.74, 6) is -0.711. The molecule has 2 aromatic rings. The number of aromatic nitrogens is 1. The highest BCUT2D eigenvalue weighted by Crippen LogP contribution is 2.31. The zero-order valence-electron chi connectivity index (χ0n) is 10.8.